The van der Waals surface area contributed by atoms with Crippen LogP contribution in [0.2, 0.25) is 0 Å². The standard InChI is InChI=1S/C31H38N4O7S/c1-22(2)19-32-31(37)29(17-24-10-7-6-8-11-24)33(20-25-12-9-13-27(16-25)42-4)30(36)21-34(43(5,40)41)28-18-26(35(38)39)15-14-23(28)3/h6-16,18,22,29H,17,19-21H2,1-5H3,(H,32,37). The zero-order valence-corrected chi connectivity index (χ0v) is 25.8. The molecular weight excluding hydrogens is 572 g/mol. The fraction of sp³-hybridized carbons (Fsp3) is 0.355. The number of nitro groups is 1. The number of nitrogens with one attached hydrogen (secondary N) is 1. The number of methoxy groups -OCH3 is 1. The highest BCUT2D eigenvalue weighted by molar-refractivity contribution is 7.92. The van der Waals surface area contributed by atoms with Gasteiger partial charge in [0.2, 0.25) is 21.8 Å². The molecule has 43 heavy (non-hydrogen) atoms. The van der Waals surface area contributed by atoms with Gasteiger partial charge in [-0.15, -0.1) is 0 Å². The maximum atomic E-state index is 14.2. The molecule has 3 aromatic carbocycles. The van der Waals surface area contributed by atoms with Crippen molar-refractivity contribution in [3.63, 3.8) is 0 Å². The van der Waals surface area contributed by atoms with Crippen molar-refractivity contribution in [2.45, 2.75) is 39.8 Å². The third-order valence-electron chi connectivity index (χ3n) is 6.79. The molecule has 0 aliphatic rings. The molecule has 0 aliphatic carbocycles. The Hall–Kier alpha value is -4.45. The summed E-state index contributed by atoms with van der Waals surface area (Å²) in [4.78, 5) is 40.1. The number of carbonyl (C=O) groups is 2. The average Bonchev–Trinajstić information content (AvgIpc) is 2.96. The van der Waals surface area contributed by atoms with Gasteiger partial charge in [0.05, 0.1) is 24.0 Å². The molecular formula is C31H38N4O7S. The number of ether oxygens (including phenoxy) is 1. The smallest absolute Gasteiger partial charge is 0.271 e. The molecule has 2 amide bonds. The van der Waals surface area contributed by atoms with Crippen LogP contribution in [-0.4, -0.2) is 62.6 Å². The minimum absolute atomic E-state index is 0.00949. The zero-order valence-electron chi connectivity index (χ0n) is 25.0. The molecule has 11 nitrogen and oxygen atoms in total. The van der Waals surface area contributed by atoms with Crippen molar-refractivity contribution in [1.82, 2.24) is 10.2 Å². The van der Waals surface area contributed by atoms with Gasteiger partial charge in [-0.05, 0) is 41.7 Å². The number of benzene rings is 3. The predicted molar refractivity (Wildman–Crippen MR) is 165 cm³/mol. The fourth-order valence-corrected chi connectivity index (χ4v) is 5.42. The molecule has 0 fully saturated rings. The van der Waals surface area contributed by atoms with Crippen LogP contribution in [0.4, 0.5) is 11.4 Å². The van der Waals surface area contributed by atoms with Gasteiger partial charge >= 0.3 is 0 Å². The Balaban J connectivity index is 2.11. The van der Waals surface area contributed by atoms with Gasteiger partial charge in [-0.25, -0.2) is 8.42 Å². The third-order valence-corrected chi connectivity index (χ3v) is 7.92. The second-order valence-electron chi connectivity index (χ2n) is 10.7. The van der Waals surface area contributed by atoms with E-state index in [9.17, 15) is 28.1 Å². The van der Waals surface area contributed by atoms with Crippen LogP contribution < -0.4 is 14.4 Å². The van der Waals surface area contributed by atoms with E-state index in [4.69, 9.17) is 4.74 Å². The number of hydrogen-bond acceptors (Lipinski definition) is 7. The predicted octanol–water partition coefficient (Wildman–Crippen LogP) is 4.09. The second-order valence-corrected chi connectivity index (χ2v) is 12.6. The van der Waals surface area contributed by atoms with Crippen molar-refractivity contribution in [2.75, 3.05) is 30.8 Å². The largest absolute Gasteiger partial charge is 0.497 e. The van der Waals surface area contributed by atoms with Gasteiger partial charge in [0, 0.05) is 31.6 Å². The molecule has 3 rings (SSSR count). The lowest BCUT2D eigenvalue weighted by atomic mass is 10.0. The monoisotopic (exact) mass is 610 g/mol. The number of anilines is 1. The van der Waals surface area contributed by atoms with E-state index in [0.717, 1.165) is 22.2 Å². The number of nitro benzene ring substituents is 1. The van der Waals surface area contributed by atoms with E-state index < -0.39 is 33.4 Å². The SMILES string of the molecule is COc1cccc(CN(C(=O)CN(c2cc([N+](=O)[O-])ccc2C)S(C)(=O)=O)C(Cc2ccccc2)C(=O)NCC(C)C)c1. The van der Waals surface area contributed by atoms with Crippen molar-refractivity contribution >= 4 is 33.2 Å². The normalized spacial score (nSPS) is 12.0. The van der Waals surface area contributed by atoms with Crippen LogP contribution in [0.25, 0.3) is 0 Å². The van der Waals surface area contributed by atoms with E-state index in [1.165, 1.54) is 24.1 Å². The average molecular weight is 611 g/mol. The summed E-state index contributed by atoms with van der Waals surface area (Å²) in [6, 6.07) is 19.1. The first kappa shape index (κ1) is 33.1. The van der Waals surface area contributed by atoms with Gasteiger partial charge in [-0.2, -0.15) is 0 Å². The van der Waals surface area contributed by atoms with E-state index in [1.807, 2.05) is 44.2 Å². The van der Waals surface area contributed by atoms with Crippen LogP contribution in [0, 0.1) is 23.0 Å². The van der Waals surface area contributed by atoms with E-state index in [1.54, 1.807) is 31.2 Å². The molecule has 0 aliphatic heterocycles. The van der Waals surface area contributed by atoms with Crippen molar-refractivity contribution in [1.29, 1.82) is 0 Å². The molecule has 12 heteroatoms. The van der Waals surface area contributed by atoms with Gasteiger partial charge in [0.15, 0.2) is 0 Å². The van der Waals surface area contributed by atoms with Crippen molar-refractivity contribution in [2.24, 2.45) is 5.92 Å². The molecule has 0 aromatic heterocycles. The van der Waals surface area contributed by atoms with Gasteiger partial charge < -0.3 is 15.0 Å². The minimum Gasteiger partial charge on any atom is -0.497 e. The van der Waals surface area contributed by atoms with Crippen molar-refractivity contribution in [3.05, 3.63) is 99.6 Å². The number of carbonyl (C=O) groups excluding carboxylic acids is 2. The second kappa shape index (κ2) is 14.6. The summed E-state index contributed by atoms with van der Waals surface area (Å²) in [6.07, 6.45) is 1.11. The van der Waals surface area contributed by atoms with Gasteiger partial charge in [-0.1, -0.05) is 62.4 Å². The first-order valence-electron chi connectivity index (χ1n) is 13.8. The molecule has 1 unspecified atom stereocenters. The topological polar surface area (TPSA) is 139 Å². The van der Waals surface area contributed by atoms with Crippen LogP contribution in [0.15, 0.2) is 72.8 Å². The lowest BCUT2D eigenvalue weighted by molar-refractivity contribution is -0.384. The van der Waals surface area contributed by atoms with Crippen LogP contribution in [-0.2, 0) is 32.6 Å². The highest BCUT2D eigenvalue weighted by Gasteiger charge is 2.33. The van der Waals surface area contributed by atoms with Crippen LogP contribution in [0.1, 0.15) is 30.5 Å². The Labute approximate surface area is 252 Å². The Bertz CT molecular complexity index is 1540. The Kier molecular flexibility index (Phi) is 11.2. The molecule has 0 heterocycles. The van der Waals surface area contributed by atoms with Crippen LogP contribution in [0.3, 0.4) is 0 Å². The summed E-state index contributed by atoms with van der Waals surface area (Å²) in [5.74, 6) is -0.328. The summed E-state index contributed by atoms with van der Waals surface area (Å²) in [5, 5.41) is 14.4. The molecule has 1 N–H and O–H groups in total. The summed E-state index contributed by atoms with van der Waals surface area (Å²) < 4.78 is 32.3. The number of nitrogens with zero attached hydrogens (tertiary/aromatic N) is 3. The van der Waals surface area contributed by atoms with Gasteiger partial charge in [0.25, 0.3) is 5.69 Å². The van der Waals surface area contributed by atoms with Crippen molar-refractivity contribution < 1.29 is 27.7 Å². The fourth-order valence-electron chi connectivity index (χ4n) is 4.52. The summed E-state index contributed by atoms with van der Waals surface area (Å²) in [5.41, 5.74) is 1.60. The number of sulfonamides is 1. The summed E-state index contributed by atoms with van der Waals surface area (Å²) >= 11 is 0. The highest BCUT2D eigenvalue weighted by atomic mass is 32.2. The Morgan fingerprint density at radius 1 is 1.00 bits per heavy atom. The molecule has 0 radical (unpaired) electrons. The number of hydrogen-bond donors (Lipinski definition) is 1. The molecule has 0 spiro atoms. The van der Waals surface area contributed by atoms with Crippen LogP contribution >= 0.6 is 0 Å². The molecule has 0 bridgehead atoms. The maximum Gasteiger partial charge on any atom is 0.271 e. The third kappa shape index (κ3) is 9.27. The number of aryl methyl sites for hydroxylation is 1. The number of non-ortho nitro benzene ring substituents is 1. The van der Waals surface area contributed by atoms with E-state index in [2.05, 4.69) is 5.32 Å². The van der Waals surface area contributed by atoms with E-state index in [0.29, 0.717) is 23.4 Å². The Morgan fingerprint density at radius 2 is 1.67 bits per heavy atom. The van der Waals surface area contributed by atoms with Gasteiger partial charge in [-0.3, -0.25) is 24.0 Å². The first-order valence-corrected chi connectivity index (χ1v) is 15.6. The van der Waals surface area contributed by atoms with Gasteiger partial charge in [0.1, 0.15) is 18.3 Å². The summed E-state index contributed by atoms with van der Waals surface area (Å²) in [7, 11) is -2.56. The molecule has 230 valence electrons. The van der Waals surface area contributed by atoms with Crippen LogP contribution in [0.5, 0.6) is 5.75 Å². The first-order chi connectivity index (χ1) is 20.3. The molecule has 1 atom stereocenters. The van der Waals surface area contributed by atoms with E-state index in [-0.39, 0.29) is 36.2 Å². The van der Waals surface area contributed by atoms with Crippen molar-refractivity contribution in [3.8, 4) is 5.75 Å². The lowest BCUT2D eigenvalue weighted by Crippen LogP contribution is -2.53. The molecule has 0 saturated heterocycles. The highest BCUT2D eigenvalue weighted by Crippen LogP contribution is 2.28. The maximum absolute atomic E-state index is 14.2. The Morgan fingerprint density at radius 3 is 2.28 bits per heavy atom. The quantitative estimate of drug-likeness (QED) is 0.214. The lowest BCUT2D eigenvalue weighted by Gasteiger charge is -2.34. The zero-order chi connectivity index (χ0) is 31.7. The van der Waals surface area contributed by atoms with E-state index >= 15 is 0 Å². The summed E-state index contributed by atoms with van der Waals surface area (Å²) in [6.45, 7) is 5.21. The minimum atomic E-state index is -4.08. The number of rotatable bonds is 14. The molecule has 0 saturated carbocycles. The number of amides is 2. The molecule has 3 aromatic rings.